The van der Waals surface area contributed by atoms with Crippen LogP contribution in [0, 0.1) is 6.92 Å². The van der Waals surface area contributed by atoms with Gasteiger partial charge in [0.05, 0.1) is 0 Å². The zero-order chi connectivity index (χ0) is 12.3. The van der Waals surface area contributed by atoms with Gasteiger partial charge in [0, 0.05) is 18.8 Å². The highest BCUT2D eigenvalue weighted by molar-refractivity contribution is 5.75. The maximum Gasteiger partial charge on any atom is 0.211 e. The Balaban J connectivity index is 2.24. The average Bonchev–Trinajstić information content (AvgIpc) is 2.31. The standard InChI is InChI=1S/C14H18N2O/c1-11-9-13(15-10-17)3-4-14(11)12-5-7-16(2)8-6-12/h3-5,9-10H,6-8H2,1-2H3,(H,15,17). The third-order valence-electron chi connectivity index (χ3n) is 3.21. The van der Waals surface area contributed by atoms with E-state index in [1.54, 1.807) is 0 Å². The van der Waals surface area contributed by atoms with Gasteiger partial charge >= 0.3 is 0 Å². The number of carbonyl (C=O) groups is 1. The Labute approximate surface area is 102 Å². The minimum absolute atomic E-state index is 0.712. The number of hydrogen-bond donors (Lipinski definition) is 1. The van der Waals surface area contributed by atoms with Crippen LogP contribution in [-0.2, 0) is 4.79 Å². The van der Waals surface area contributed by atoms with Crippen molar-refractivity contribution < 1.29 is 4.79 Å². The van der Waals surface area contributed by atoms with E-state index in [1.165, 1.54) is 16.7 Å². The fourth-order valence-electron chi connectivity index (χ4n) is 2.20. The van der Waals surface area contributed by atoms with Gasteiger partial charge in [0.1, 0.15) is 0 Å². The maximum absolute atomic E-state index is 10.4. The Kier molecular flexibility index (Phi) is 3.59. The molecular weight excluding hydrogens is 212 g/mol. The number of hydrogen-bond acceptors (Lipinski definition) is 2. The second-order valence-electron chi connectivity index (χ2n) is 4.53. The molecule has 1 aliphatic heterocycles. The molecule has 2 rings (SSSR count). The van der Waals surface area contributed by atoms with E-state index in [-0.39, 0.29) is 0 Å². The molecule has 0 saturated heterocycles. The summed E-state index contributed by atoms with van der Waals surface area (Å²) in [6, 6.07) is 6.07. The van der Waals surface area contributed by atoms with Crippen molar-refractivity contribution in [3.05, 3.63) is 35.4 Å². The quantitative estimate of drug-likeness (QED) is 0.808. The molecule has 0 atom stereocenters. The summed E-state index contributed by atoms with van der Waals surface area (Å²) in [7, 11) is 2.14. The smallest absolute Gasteiger partial charge is 0.211 e. The Bertz CT molecular complexity index is 452. The van der Waals surface area contributed by atoms with E-state index in [1.807, 2.05) is 12.1 Å². The normalized spacial score (nSPS) is 16.5. The van der Waals surface area contributed by atoms with Crippen LogP contribution in [-0.4, -0.2) is 31.4 Å². The Hall–Kier alpha value is -1.61. The first-order valence-electron chi connectivity index (χ1n) is 5.89. The molecule has 1 aliphatic rings. The molecule has 90 valence electrons. The van der Waals surface area contributed by atoms with Crippen LogP contribution in [0.5, 0.6) is 0 Å². The number of amides is 1. The van der Waals surface area contributed by atoms with Crippen molar-refractivity contribution in [1.29, 1.82) is 0 Å². The first-order chi connectivity index (χ1) is 8.20. The lowest BCUT2D eigenvalue weighted by molar-refractivity contribution is -0.105. The van der Waals surface area contributed by atoms with Crippen LogP contribution in [0.2, 0.25) is 0 Å². The topological polar surface area (TPSA) is 32.3 Å². The summed E-state index contributed by atoms with van der Waals surface area (Å²) >= 11 is 0. The summed E-state index contributed by atoms with van der Waals surface area (Å²) in [6.45, 7) is 4.22. The second-order valence-corrected chi connectivity index (χ2v) is 4.53. The molecule has 1 aromatic carbocycles. The van der Waals surface area contributed by atoms with Gasteiger partial charge in [-0.3, -0.25) is 4.79 Å². The average molecular weight is 230 g/mol. The molecule has 0 spiro atoms. The monoisotopic (exact) mass is 230 g/mol. The van der Waals surface area contributed by atoms with E-state index in [2.05, 4.69) is 36.3 Å². The van der Waals surface area contributed by atoms with Crippen LogP contribution < -0.4 is 5.32 Å². The van der Waals surface area contributed by atoms with Crippen LogP contribution in [0.4, 0.5) is 5.69 Å². The number of aryl methyl sites for hydroxylation is 1. The molecule has 0 saturated carbocycles. The number of likely N-dealkylation sites (N-methyl/N-ethyl adjacent to an activating group) is 1. The SMILES string of the molecule is Cc1cc(NC=O)ccc1C1=CCN(C)CC1. The lowest BCUT2D eigenvalue weighted by Gasteiger charge is -2.23. The van der Waals surface area contributed by atoms with Crippen molar-refractivity contribution in [3.8, 4) is 0 Å². The molecule has 0 bridgehead atoms. The molecular formula is C14H18N2O. The Morgan fingerprint density at radius 3 is 2.82 bits per heavy atom. The van der Waals surface area contributed by atoms with Crippen LogP contribution in [0.1, 0.15) is 17.5 Å². The van der Waals surface area contributed by atoms with Crippen molar-refractivity contribution in [2.24, 2.45) is 0 Å². The van der Waals surface area contributed by atoms with E-state index >= 15 is 0 Å². The van der Waals surface area contributed by atoms with Crippen molar-refractivity contribution >= 4 is 17.7 Å². The van der Waals surface area contributed by atoms with Gasteiger partial charge in [-0.05, 0) is 49.2 Å². The zero-order valence-corrected chi connectivity index (χ0v) is 10.4. The molecule has 3 heteroatoms. The summed E-state index contributed by atoms with van der Waals surface area (Å²) in [5.41, 5.74) is 4.79. The first-order valence-corrected chi connectivity index (χ1v) is 5.89. The van der Waals surface area contributed by atoms with Gasteiger partial charge in [-0.15, -0.1) is 0 Å². The molecule has 1 aromatic rings. The van der Waals surface area contributed by atoms with Gasteiger partial charge in [0.25, 0.3) is 0 Å². The van der Waals surface area contributed by atoms with Gasteiger partial charge in [-0.2, -0.15) is 0 Å². The summed E-state index contributed by atoms with van der Waals surface area (Å²) in [4.78, 5) is 12.7. The minimum Gasteiger partial charge on any atom is -0.329 e. The highest BCUT2D eigenvalue weighted by Gasteiger charge is 2.11. The number of benzene rings is 1. The number of nitrogens with one attached hydrogen (secondary N) is 1. The van der Waals surface area contributed by atoms with Gasteiger partial charge in [-0.25, -0.2) is 0 Å². The number of carbonyl (C=O) groups excluding carboxylic acids is 1. The largest absolute Gasteiger partial charge is 0.329 e. The van der Waals surface area contributed by atoms with E-state index in [0.717, 1.165) is 25.2 Å². The van der Waals surface area contributed by atoms with Crippen LogP contribution in [0.15, 0.2) is 24.3 Å². The molecule has 1 amide bonds. The highest BCUT2D eigenvalue weighted by Crippen LogP contribution is 2.26. The molecule has 0 unspecified atom stereocenters. The van der Waals surface area contributed by atoms with E-state index in [4.69, 9.17) is 0 Å². The third-order valence-corrected chi connectivity index (χ3v) is 3.21. The van der Waals surface area contributed by atoms with Crippen molar-refractivity contribution in [1.82, 2.24) is 4.90 Å². The van der Waals surface area contributed by atoms with Crippen molar-refractivity contribution in [2.45, 2.75) is 13.3 Å². The fourth-order valence-corrected chi connectivity index (χ4v) is 2.20. The predicted octanol–water partition coefficient (Wildman–Crippen LogP) is 2.28. The molecule has 1 N–H and O–H groups in total. The van der Waals surface area contributed by atoms with Crippen molar-refractivity contribution in [3.63, 3.8) is 0 Å². The molecule has 0 radical (unpaired) electrons. The molecule has 0 fully saturated rings. The summed E-state index contributed by atoms with van der Waals surface area (Å²) in [6.07, 6.45) is 4.10. The van der Waals surface area contributed by atoms with Crippen LogP contribution in [0.25, 0.3) is 5.57 Å². The number of rotatable bonds is 3. The number of anilines is 1. The third kappa shape index (κ3) is 2.74. The Morgan fingerprint density at radius 2 is 2.24 bits per heavy atom. The molecule has 3 nitrogen and oxygen atoms in total. The van der Waals surface area contributed by atoms with Crippen molar-refractivity contribution in [2.75, 3.05) is 25.5 Å². The van der Waals surface area contributed by atoms with E-state index < -0.39 is 0 Å². The van der Waals surface area contributed by atoms with E-state index in [9.17, 15) is 4.79 Å². The minimum atomic E-state index is 0.712. The summed E-state index contributed by atoms with van der Waals surface area (Å²) < 4.78 is 0. The zero-order valence-electron chi connectivity index (χ0n) is 10.4. The van der Waals surface area contributed by atoms with Gasteiger partial charge in [0.15, 0.2) is 0 Å². The molecule has 17 heavy (non-hydrogen) atoms. The Morgan fingerprint density at radius 1 is 1.41 bits per heavy atom. The predicted molar refractivity (Wildman–Crippen MR) is 71.0 cm³/mol. The molecule has 0 aliphatic carbocycles. The number of nitrogens with zero attached hydrogens (tertiary/aromatic N) is 1. The van der Waals surface area contributed by atoms with E-state index in [0.29, 0.717) is 6.41 Å². The van der Waals surface area contributed by atoms with Gasteiger partial charge in [-0.1, -0.05) is 12.1 Å². The lowest BCUT2D eigenvalue weighted by atomic mass is 9.95. The molecule has 0 aromatic heterocycles. The van der Waals surface area contributed by atoms with Crippen LogP contribution in [0.3, 0.4) is 0 Å². The van der Waals surface area contributed by atoms with Gasteiger partial charge in [0.2, 0.25) is 6.41 Å². The summed E-state index contributed by atoms with van der Waals surface area (Å²) in [5, 5.41) is 2.68. The first kappa shape index (κ1) is 11.9. The van der Waals surface area contributed by atoms with Crippen LogP contribution >= 0.6 is 0 Å². The molecule has 1 heterocycles. The van der Waals surface area contributed by atoms with Gasteiger partial charge < -0.3 is 10.2 Å². The lowest BCUT2D eigenvalue weighted by Crippen LogP contribution is -2.23. The summed E-state index contributed by atoms with van der Waals surface area (Å²) in [5.74, 6) is 0. The second kappa shape index (κ2) is 5.15. The fraction of sp³-hybridized carbons (Fsp3) is 0.357. The maximum atomic E-state index is 10.4. The highest BCUT2D eigenvalue weighted by atomic mass is 16.1.